The summed E-state index contributed by atoms with van der Waals surface area (Å²) in [6, 6.07) is 4.16. The van der Waals surface area contributed by atoms with E-state index in [-0.39, 0.29) is 21.5 Å². The molecule has 0 bridgehead atoms. The van der Waals surface area contributed by atoms with Crippen molar-refractivity contribution in [3.63, 3.8) is 0 Å². The van der Waals surface area contributed by atoms with Crippen LogP contribution in [0.4, 0.5) is 5.69 Å². The molecule has 0 radical (unpaired) electrons. The highest BCUT2D eigenvalue weighted by molar-refractivity contribution is 7.90. The van der Waals surface area contributed by atoms with Gasteiger partial charge in [0.1, 0.15) is 0 Å². The zero-order valence-electron chi connectivity index (χ0n) is 9.40. The molecule has 6 heteroatoms. The fourth-order valence-electron chi connectivity index (χ4n) is 1.16. The first-order valence-electron chi connectivity index (χ1n) is 4.78. The molecule has 0 aliphatic carbocycles. The minimum absolute atomic E-state index is 0.109. The van der Waals surface area contributed by atoms with Crippen LogP contribution in [0.3, 0.4) is 0 Å². The number of carbonyl (C=O) groups excluding carboxylic acids is 1. The Hall–Kier alpha value is -1.33. The first-order valence-corrected chi connectivity index (χ1v) is 7.05. The molecule has 0 saturated heterocycles. The number of rotatable bonds is 3. The molecule has 0 spiro atoms. The maximum atomic E-state index is 11.3. The fourth-order valence-corrected chi connectivity index (χ4v) is 1.97. The van der Waals surface area contributed by atoms with E-state index in [0.29, 0.717) is 0 Å². The minimum atomic E-state index is -3.32. The summed E-state index contributed by atoms with van der Waals surface area (Å²) < 4.78 is 22.7. The van der Waals surface area contributed by atoms with E-state index in [2.05, 4.69) is 5.32 Å². The molecule has 1 rings (SSSR count). The number of hydrogen-bond acceptors (Lipinski definition) is 3. The number of allylic oxidation sites excluding steroid dienone is 1. The molecular weight excluding hydrogens is 262 g/mol. The summed E-state index contributed by atoms with van der Waals surface area (Å²) in [5, 5.41) is 2.79. The lowest BCUT2D eigenvalue weighted by molar-refractivity contribution is -0.111. The largest absolute Gasteiger partial charge is 0.321 e. The quantitative estimate of drug-likeness (QED) is 0.859. The van der Waals surface area contributed by atoms with Gasteiger partial charge in [-0.2, -0.15) is 0 Å². The van der Waals surface area contributed by atoms with E-state index in [9.17, 15) is 13.2 Å². The monoisotopic (exact) mass is 273 g/mol. The number of sulfone groups is 1. The zero-order valence-corrected chi connectivity index (χ0v) is 11.0. The molecule has 1 N–H and O–H groups in total. The normalized spacial score (nSPS) is 11.7. The molecule has 0 aliphatic heterocycles. The summed E-state index contributed by atoms with van der Waals surface area (Å²) >= 11 is 5.86. The zero-order chi connectivity index (χ0) is 13.1. The van der Waals surface area contributed by atoms with Crippen LogP contribution >= 0.6 is 11.6 Å². The van der Waals surface area contributed by atoms with Gasteiger partial charge in [-0.05, 0) is 31.2 Å². The SMILES string of the molecule is C/C=C\C(=O)Nc1cc(S(C)(=O)=O)ccc1Cl. The Bertz CT molecular complexity index is 564. The number of nitrogens with one attached hydrogen (secondary N) is 1. The summed E-state index contributed by atoms with van der Waals surface area (Å²) in [5.41, 5.74) is 0.276. The lowest BCUT2D eigenvalue weighted by Gasteiger charge is -2.07. The number of anilines is 1. The molecule has 1 aromatic carbocycles. The standard InChI is InChI=1S/C11H12ClNO3S/c1-3-4-11(14)13-10-7-8(17(2,15)16)5-6-9(10)12/h3-7H,1-2H3,(H,13,14)/b4-3-. The summed E-state index contributed by atoms with van der Waals surface area (Å²) in [6.07, 6.45) is 3.99. The van der Waals surface area contributed by atoms with Crippen LogP contribution in [0.1, 0.15) is 6.92 Å². The first kappa shape index (κ1) is 13.7. The van der Waals surface area contributed by atoms with Gasteiger partial charge < -0.3 is 5.32 Å². The van der Waals surface area contributed by atoms with Crippen LogP contribution in [0.15, 0.2) is 35.2 Å². The third-order valence-corrected chi connectivity index (χ3v) is 3.38. The van der Waals surface area contributed by atoms with Crippen molar-refractivity contribution in [3.05, 3.63) is 35.4 Å². The van der Waals surface area contributed by atoms with Crippen LogP contribution in [-0.4, -0.2) is 20.6 Å². The molecule has 1 amide bonds. The Morgan fingerprint density at radius 2 is 2.06 bits per heavy atom. The van der Waals surface area contributed by atoms with Gasteiger partial charge in [-0.15, -0.1) is 0 Å². The summed E-state index contributed by atoms with van der Waals surface area (Å²) in [4.78, 5) is 11.4. The second kappa shape index (κ2) is 5.33. The van der Waals surface area contributed by atoms with E-state index in [4.69, 9.17) is 11.6 Å². The van der Waals surface area contributed by atoms with Crippen LogP contribution in [0, 0.1) is 0 Å². The molecule has 1 aromatic rings. The lowest BCUT2D eigenvalue weighted by atomic mass is 10.3. The van der Waals surface area contributed by atoms with Gasteiger partial charge in [0, 0.05) is 6.26 Å². The number of carbonyl (C=O) groups is 1. The van der Waals surface area contributed by atoms with Crippen LogP contribution in [0.25, 0.3) is 0 Å². The number of hydrogen-bond donors (Lipinski definition) is 1. The Morgan fingerprint density at radius 1 is 1.41 bits per heavy atom. The second-order valence-electron chi connectivity index (χ2n) is 3.40. The van der Waals surface area contributed by atoms with Gasteiger partial charge in [-0.1, -0.05) is 17.7 Å². The highest BCUT2D eigenvalue weighted by Gasteiger charge is 2.11. The average Bonchev–Trinajstić information content (AvgIpc) is 2.20. The molecule has 0 fully saturated rings. The van der Waals surface area contributed by atoms with Gasteiger partial charge in [-0.25, -0.2) is 8.42 Å². The van der Waals surface area contributed by atoms with Gasteiger partial charge in [-0.3, -0.25) is 4.79 Å². The van der Waals surface area contributed by atoms with Gasteiger partial charge >= 0.3 is 0 Å². The third-order valence-electron chi connectivity index (χ3n) is 1.94. The van der Waals surface area contributed by atoms with Crippen molar-refractivity contribution < 1.29 is 13.2 Å². The maximum Gasteiger partial charge on any atom is 0.248 e. The highest BCUT2D eigenvalue weighted by Crippen LogP contribution is 2.25. The average molecular weight is 274 g/mol. The number of amides is 1. The predicted molar refractivity (Wildman–Crippen MR) is 68.0 cm³/mol. The smallest absolute Gasteiger partial charge is 0.248 e. The summed E-state index contributed by atoms with van der Waals surface area (Å²) in [6.45, 7) is 1.70. The molecule has 4 nitrogen and oxygen atoms in total. The van der Waals surface area contributed by atoms with Crippen molar-refractivity contribution in [1.82, 2.24) is 0 Å². The molecule has 0 unspecified atom stereocenters. The van der Waals surface area contributed by atoms with Crippen molar-refractivity contribution in [1.29, 1.82) is 0 Å². The van der Waals surface area contributed by atoms with E-state index in [0.717, 1.165) is 6.26 Å². The molecular formula is C11H12ClNO3S. The van der Waals surface area contributed by atoms with Crippen molar-refractivity contribution >= 4 is 33.0 Å². The Kier molecular flexibility index (Phi) is 4.31. The van der Waals surface area contributed by atoms with Gasteiger partial charge in [0.15, 0.2) is 9.84 Å². The Morgan fingerprint density at radius 3 is 2.59 bits per heavy atom. The number of halogens is 1. The van der Waals surface area contributed by atoms with Crippen molar-refractivity contribution in [3.8, 4) is 0 Å². The molecule has 0 saturated carbocycles. The van der Waals surface area contributed by atoms with Gasteiger partial charge in [0.2, 0.25) is 5.91 Å². The van der Waals surface area contributed by atoms with Crippen LogP contribution in [-0.2, 0) is 14.6 Å². The Labute approximate surface area is 105 Å². The van der Waals surface area contributed by atoms with Crippen LogP contribution in [0.2, 0.25) is 5.02 Å². The van der Waals surface area contributed by atoms with Crippen molar-refractivity contribution in [2.75, 3.05) is 11.6 Å². The van der Waals surface area contributed by atoms with E-state index in [1.807, 2.05) is 0 Å². The van der Waals surface area contributed by atoms with Crippen LogP contribution < -0.4 is 5.32 Å². The fraction of sp³-hybridized carbons (Fsp3) is 0.182. The predicted octanol–water partition coefficient (Wildman–Crippen LogP) is 2.26. The van der Waals surface area contributed by atoms with Crippen LogP contribution in [0.5, 0.6) is 0 Å². The molecule has 0 atom stereocenters. The third kappa shape index (κ3) is 3.87. The molecule has 92 valence electrons. The van der Waals surface area contributed by atoms with E-state index in [1.165, 1.54) is 24.3 Å². The van der Waals surface area contributed by atoms with Crippen molar-refractivity contribution in [2.45, 2.75) is 11.8 Å². The summed E-state index contributed by atoms with van der Waals surface area (Å²) in [7, 11) is -3.32. The van der Waals surface area contributed by atoms with Gasteiger partial charge in [0.05, 0.1) is 15.6 Å². The minimum Gasteiger partial charge on any atom is -0.321 e. The second-order valence-corrected chi connectivity index (χ2v) is 5.83. The molecule has 0 heterocycles. The Balaban J connectivity index is 3.12. The highest BCUT2D eigenvalue weighted by atomic mass is 35.5. The molecule has 0 aliphatic rings. The van der Waals surface area contributed by atoms with Crippen molar-refractivity contribution in [2.24, 2.45) is 0 Å². The van der Waals surface area contributed by atoms with E-state index in [1.54, 1.807) is 13.0 Å². The van der Waals surface area contributed by atoms with E-state index < -0.39 is 9.84 Å². The molecule has 0 aromatic heterocycles. The molecule has 17 heavy (non-hydrogen) atoms. The van der Waals surface area contributed by atoms with E-state index >= 15 is 0 Å². The summed E-state index contributed by atoms with van der Waals surface area (Å²) in [5.74, 6) is -0.361. The topological polar surface area (TPSA) is 63.2 Å². The lowest BCUT2D eigenvalue weighted by Crippen LogP contribution is -2.09. The van der Waals surface area contributed by atoms with Gasteiger partial charge in [0.25, 0.3) is 0 Å². The first-order chi connectivity index (χ1) is 7.84. The maximum absolute atomic E-state index is 11.3. The number of benzene rings is 1.